The normalized spacial score (nSPS) is 15.9. The van der Waals surface area contributed by atoms with Crippen molar-refractivity contribution in [2.45, 2.75) is 24.2 Å². The first-order chi connectivity index (χ1) is 18.9. The maximum atomic E-state index is 13.2. The number of anilines is 1. The molecule has 5 rings (SSSR count). The summed E-state index contributed by atoms with van der Waals surface area (Å²) in [5.41, 5.74) is 1.95. The molecule has 0 bridgehead atoms. The van der Waals surface area contributed by atoms with Gasteiger partial charge in [-0.1, -0.05) is 42.5 Å². The monoisotopic (exact) mass is 549 g/mol. The maximum absolute atomic E-state index is 13.2. The molecule has 10 heteroatoms. The van der Waals surface area contributed by atoms with Gasteiger partial charge < -0.3 is 20.1 Å². The molecule has 2 heterocycles. The number of sulfonamides is 1. The lowest BCUT2D eigenvalue weighted by Crippen LogP contribution is -2.41. The van der Waals surface area contributed by atoms with E-state index < -0.39 is 10.0 Å². The summed E-state index contributed by atoms with van der Waals surface area (Å²) in [4.78, 5) is 26.1. The molecule has 204 valence electrons. The SMILES string of the molecule is O=C(NCCc1ccccc1)c1ccccc1NC(=O)C1CCN(S(=O)(=O)c2ccc3c(c2)OCCO3)CC1. The highest BCUT2D eigenvalue weighted by molar-refractivity contribution is 7.89. The highest BCUT2D eigenvalue weighted by Gasteiger charge is 2.33. The van der Waals surface area contributed by atoms with E-state index in [1.54, 1.807) is 30.3 Å². The van der Waals surface area contributed by atoms with Gasteiger partial charge >= 0.3 is 0 Å². The Balaban J connectivity index is 1.17. The van der Waals surface area contributed by atoms with Gasteiger partial charge in [-0.25, -0.2) is 8.42 Å². The Labute approximate surface area is 228 Å². The van der Waals surface area contributed by atoms with Crippen molar-refractivity contribution in [2.75, 3.05) is 38.2 Å². The lowest BCUT2D eigenvalue weighted by Gasteiger charge is -2.31. The quantitative estimate of drug-likeness (QED) is 0.445. The molecular weight excluding hydrogens is 518 g/mol. The summed E-state index contributed by atoms with van der Waals surface area (Å²) in [5, 5.41) is 5.81. The van der Waals surface area contributed by atoms with Crippen LogP contribution in [0, 0.1) is 5.92 Å². The largest absolute Gasteiger partial charge is 0.486 e. The minimum absolute atomic E-state index is 0.141. The molecule has 2 amide bonds. The Morgan fingerprint density at radius 1 is 0.872 bits per heavy atom. The number of carbonyl (C=O) groups is 2. The molecule has 1 fully saturated rings. The van der Waals surface area contributed by atoms with Crippen LogP contribution in [0.2, 0.25) is 0 Å². The van der Waals surface area contributed by atoms with Crippen LogP contribution in [0.5, 0.6) is 11.5 Å². The lowest BCUT2D eigenvalue weighted by atomic mass is 9.97. The van der Waals surface area contributed by atoms with E-state index in [1.807, 2.05) is 30.3 Å². The predicted octanol–water partition coefficient (Wildman–Crippen LogP) is 3.47. The Bertz CT molecular complexity index is 1440. The molecule has 0 unspecified atom stereocenters. The van der Waals surface area contributed by atoms with Crippen molar-refractivity contribution in [1.82, 2.24) is 9.62 Å². The molecule has 0 aromatic heterocycles. The molecule has 0 spiro atoms. The predicted molar refractivity (Wildman–Crippen MR) is 146 cm³/mol. The van der Waals surface area contributed by atoms with E-state index in [1.165, 1.54) is 16.4 Å². The van der Waals surface area contributed by atoms with Crippen molar-refractivity contribution in [3.8, 4) is 11.5 Å². The van der Waals surface area contributed by atoms with Crippen LogP contribution >= 0.6 is 0 Å². The molecular formula is C29H31N3O6S. The molecule has 2 N–H and O–H groups in total. The summed E-state index contributed by atoms with van der Waals surface area (Å²) in [6.45, 7) is 1.71. The molecule has 3 aromatic carbocycles. The van der Waals surface area contributed by atoms with Crippen LogP contribution in [0.15, 0.2) is 77.7 Å². The van der Waals surface area contributed by atoms with Gasteiger partial charge in [0.1, 0.15) is 13.2 Å². The summed E-state index contributed by atoms with van der Waals surface area (Å²) in [6.07, 6.45) is 1.46. The second-order valence-corrected chi connectivity index (χ2v) is 11.4. The topological polar surface area (TPSA) is 114 Å². The van der Waals surface area contributed by atoms with Gasteiger partial charge in [0, 0.05) is 31.6 Å². The fraction of sp³-hybridized carbons (Fsp3) is 0.310. The summed E-state index contributed by atoms with van der Waals surface area (Å²) in [6, 6.07) is 21.4. The highest BCUT2D eigenvalue weighted by Crippen LogP contribution is 2.34. The minimum atomic E-state index is -3.74. The van der Waals surface area contributed by atoms with Crippen LogP contribution < -0.4 is 20.1 Å². The van der Waals surface area contributed by atoms with Crippen molar-refractivity contribution in [3.05, 3.63) is 83.9 Å². The number of amides is 2. The highest BCUT2D eigenvalue weighted by atomic mass is 32.2. The zero-order valence-corrected chi connectivity index (χ0v) is 22.3. The molecule has 0 saturated carbocycles. The fourth-order valence-corrected chi connectivity index (χ4v) is 6.26. The molecule has 3 aromatic rings. The van der Waals surface area contributed by atoms with Crippen molar-refractivity contribution >= 4 is 27.5 Å². The molecule has 0 atom stereocenters. The second kappa shape index (κ2) is 11.9. The van der Waals surface area contributed by atoms with Gasteiger partial charge in [0.05, 0.1) is 16.1 Å². The number of fused-ring (bicyclic) bond motifs is 1. The van der Waals surface area contributed by atoms with E-state index in [2.05, 4.69) is 10.6 Å². The van der Waals surface area contributed by atoms with Crippen molar-refractivity contribution in [2.24, 2.45) is 5.92 Å². The van der Waals surface area contributed by atoms with Gasteiger partial charge in [0.15, 0.2) is 11.5 Å². The maximum Gasteiger partial charge on any atom is 0.253 e. The van der Waals surface area contributed by atoms with Crippen LogP contribution in [0.1, 0.15) is 28.8 Å². The Kier molecular flexibility index (Phi) is 8.13. The molecule has 9 nitrogen and oxygen atoms in total. The van der Waals surface area contributed by atoms with Crippen LogP contribution in [0.4, 0.5) is 5.69 Å². The van der Waals surface area contributed by atoms with E-state index in [4.69, 9.17) is 9.47 Å². The molecule has 0 radical (unpaired) electrons. The third-order valence-electron chi connectivity index (χ3n) is 6.95. The third kappa shape index (κ3) is 6.23. The first-order valence-electron chi connectivity index (χ1n) is 13.0. The number of nitrogens with one attached hydrogen (secondary N) is 2. The third-order valence-corrected chi connectivity index (χ3v) is 8.84. The molecule has 39 heavy (non-hydrogen) atoms. The fourth-order valence-electron chi connectivity index (χ4n) is 4.78. The zero-order valence-electron chi connectivity index (χ0n) is 21.5. The number of benzene rings is 3. The van der Waals surface area contributed by atoms with E-state index in [-0.39, 0.29) is 35.7 Å². The van der Waals surface area contributed by atoms with Crippen LogP contribution in [0.3, 0.4) is 0 Å². The summed E-state index contributed by atoms with van der Waals surface area (Å²) < 4.78 is 38.9. The summed E-state index contributed by atoms with van der Waals surface area (Å²) in [5.74, 6) is 0.0871. The summed E-state index contributed by atoms with van der Waals surface area (Å²) >= 11 is 0. The minimum Gasteiger partial charge on any atom is -0.486 e. The van der Waals surface area contributed by atoms with Gasteiger partial charge in [-0.3, -0.25) is 9.59 Å². The van der Waals surface area contributed by atoms with Crippen molar-refractivity contribution < 1.29 is 27.5 Å². The van der Waals surface area contributed by atoms with Gasteiger partial charge in [-0.05, 0) is 49.1 Å². The standard InChI is InChI=1S/C29H31N3O6S/c33-28(31-25-9-5-4-8-24(25)29(34)30-15-12-21-6-2-1-3-7-21)22-13-16-32(17-14-22)39(35,36)23-10-11-26-27(20-23)38-19-18-37-26/h1-11,20,22H,12-19H2,(H,30,34)(H,31,33). The number of nitrogens with zero attached hydrogens (tertiary/aromatic N) is 1. The van der Waals surface area contributed by atoms with E-state index in [0.717, 1.165) is 5.56 Å². The van der Waals surface area contributed by atoms with Gasteiger partial charge in [-0.15, -0.1) is 0 Å². The Morgan fingerprint density at radius 3 is 2.33 bits per heavy atom. The van der Waals surface area contributed by atoms with Gasteiger partial charge in [0.2, 0.25) is 15.9 Å². The zero-order chi connectivity index (χ0) is 27.2. The summed E-state index contributed by atoms with van der Waals surface area (Å²) in [7, 11) is -3.74. The van der Waals surface area contributed by atoms with Gasteiger partial charge in [0.25, 0.3) is 5.91 Å². The van der Waals surface area contributed by atoms with E-state index >= 15 is 0 Å². The number of para-hydroxylation sites is 1. The molecule has 0 aliphatic carbocycles. The second-order valence-electron chi connectivity index (χ2n) is 9.51. The average Bonchev–Trinajstić information content (AvgIpc) is 2.97. The molecule has 2 aliphatic rings. The van der Waals surface area contributed by atoms with E-state index in [0.29, 0.717) is 61.8 Å². The van der Waals surface area contributed by atoms with E-state index in [9.17, 15) is 18.0 Å². The number of ether oxygens (including phenoxy) is 2. The van der Waals surface area contributed by atoms with Crippen molar-refractivity contribution in [1.29, 1.82) is 0 Å². The van der Waals surface area contributed by atoms with Crippen LogP contribution in [0.25, 0.3) is 0 Å². The number of piperidine rings is 1. The number of rotatable bonds is 8. The molecule has 2 aliphatic heterocycles. The number of carbonyl (C=O) groups excluding carboxylic acids is 2. The number of hydrogen-bond donors (Lipinski definition) is 2. The first-order valence-corrected chi connectivity index (χ1v) is 14.5. The van der Waals surface area contributed by atoms with Crippen LogP contribution in [-0.2, 0) is 21.2 Å². The molecule has 1 saturated heterocycles. The first kappa shape index (κ1) is 26.7. The van der Waals surface area contributed by atoms with Gasteiger partial charge in [-0.2, -0.15) is 4.31 Å². The van der Waals surface area contributed by atoms with Crippen molar-refractivity contribution in [3.63, 3.8) is 0 Å². The number of hydrogen-bond acceptors (Lipinski definition) is 6. The van der Waals surface area contributed by atoms with Crippen LogP contribution in [-0.4, -0.2) is 57.4 Å². The lowest BCUT2D eigenvalue weighted by molar-refractivity contribution is -0.120. The Morgan fingerprint density at radius 2 is 1.56 bits per heavy atom. The smallest absolute Gasteiger partial charge is 0.253 e. The Hall–Kier alpha value is -3.89. The average molecular weight is 550 g/mol.